The Morgan fingerprint density at radius 2 is 2.12 bits per heavy atom. The fourth-order valence-corrected chi connectivity index (χ4v) is 3.64. The molecule has 4 aromatic rings. The Hall–Kier alpha value is -4.01. The summed E-state index contributed by atoms with van der Waals surface area (Å²) in [6.45, 7) is 5.82. The zero-order valence-electron chi connectivity index (χ0n) is 18.6. The molecular formula is C24H24N6O3. The molecule has 1 fully saturated rings. The van der Waals surface area contributed by atoms with Gasteiger partial charge in [-0.15, -0.1) is 0 Å². The minimum atomic E-state index is -0.243. The van der Waals surface area contributed by atoms with E-state index in [2.05, 4.69) is 25.6 Å². The van der Waals surface area contributed by atoms with Crippen LogP contribution in [-0.4, -0.2) is 37.2 Å². The van der Waals surface area contributed by atoms with Crippen LogP contribution < -0.4 is 5.32 Å². The maximum atomic E-state index is 12.9. The average Bonchev–Trinajstić information content (AvgIpc) is 3.41. The number of nitrogens with one attached hydrogen (secondary N) is 1. The van der Waals surface area contributed by atoms with Crippen molar-refractivity contribution in [2.45, 2.75) is 45.6 Å². The van der Waals surface area contributed by atoms with E-state index in [4.69, 9.17) is 9.36 Å². The smallest absolute Gasteiger partial charge is 0.274 e. The van der Waals surface area contributed by atoms with Gasteiger partial charge in [-0.05, 0) is 44.5 Å². The van der Waals surface area contributed by atoms with E-state index in [0.717, 1.165) is 29.7 Å². The summed E-state index contributed by atoms with van der Waals surface area (Å²) >= 11 is 0. The van der Waals surface area contributed by atoms with Gasteiger partial charge >= 0.3 is 0 Å². The molecule has 3 aromatic heterocycles. The van der Waals surface area contributed by atoms with Crippen molar-refractivity contribution in [3.63, 3.8) is 0 Å². The van der Waals surface area contributed by atoms with E-state index < -0.39 is 0 Å². The average molecular weight is 444 g/mol. The van der Waals surface area contributed by atoms with Crippen molar-refractivity contribution in [2.75, 3.05) is 5.32 Å². The first-order valence-electron chi connectivity index (χ1n) is 10.9. The van der Waals surface area contributed by atoms with Gasteiger partial charge in [0, 0.05) is 36.2 Å². The van der Waals surface area contributed by atoms with E-state index in [-0.39, 0.29) is 17.9 Å². The van der Waals surface area contributed by atoms with Crippen LogP contribution in [0, 0.1) is 6.92 Å². The van der Waals surface area contributed by atoms with Gasteiger partial charge < -0.3 is 14.7 Å². The second-order valence-corrected chi connectivity index (χ2v) is 8.43. The van der Waals surface area contributed by atoms with E-state index in [0.29, 0.717) is 28.7 Å². The topological polar surface area (TPSA) is 107 Å². The second kappa shape index (κ2) is 8.50. The number of rotatable bonds is 6. The third-order valence-electron chi connectivity index (χ3n) is 5.54. The number of benzene rings is 1. The first-order chi connectivity index (χ1) is 16.0. The van der Waals surface area contributed by atoms with Gasteiger partial charge in [0.1, 0.15) is 17.4 Å². The predicted octanol–water partition coefficient (Wildman–Crippen LogP) is 4.60. The maximum absolute atomic E-state index is 12.9. The molecule has 0 spiro atoms. The van der Waals surface area contributed by atoms with Crippen molar-refractivity contribution in [2.24, 2.45) is 5.16 Å². The number of aryl methyl sites for hydroxylation is 1. The molecule has 0 saturated heterocycles. The Morgan fingerprint density at radius 3 is 2.94 bits per heavy atom. The summed E-state index contributed by atoms with van der Waals surface area (Å²) in [5, 5.41) is 11.3. The molecule has 0 unspecified atom stereocenters. The van der Waals surface area contributed by atoms with Crippen LogP contribution in [0.2, 0.25) is 0 Å². The molecule has 33 heavy (non-hydrogen) atoms. The summed E-state index contributed by atoms with van der Waals surface area (Å²) in [6.07, 6.45) is 4.95. The second-order valence-electron chi connectivity index (χ2n) is 8.43. The first kappa shape index (κ1) is 20.9. The lowest BCUT2D eigenvalue weighted by molar-refractivity contribution is 0.0832. The summed E-state index contributed by atoms with van der Waals surface area (Å²) in [4.78, 5) is 27.1. The summed E-state index contributed by atoms with van der Waals surface area (Å²) in [6, 6.07) is 11.3. The highest BCUT2D eigenvalue weighted by Crippen LogP contribution is 2.35. The van der Waals surface area contributed by atoms with Crippen LogP contribution in [0.15, 0.2) is 58.5 Å². The Bertz CT molecular complexity index is 1350. The highest BCUT2D eigenvalue weighted by atomic mass is 16.6. The number of amides is 1. The Morgan fingerprint density at radius 1 is 1.27 bits per heavy atom. The molecule has 168 valence electrons. The van der Waals surface area contributed by atoms with Crippen LogP contribution in [-0.2, 0) is 4.84 Å². The molecule has 1 amide bonds. The van der Waals surface area contributed by atoms with Crippen molar-refractivity contribution >= 4 is 23.0 Å². The number of oxime groups is 1. The van der Waals surface area contributed by atoms with Crippen LogP contribution in [0.4, 0.5) is 5.69 Å². The summed E-state index contributed by atoms with van der Waals surface area (Å²) in [7, 11) is 0. The number of hydrogen-bond donors (Lipinski definition) is 1. The van der Waals surface area contributed by atoms with Gasteiger partial charge in [0.05, 0.1) is 11.9 Å². The van der Waals surface area contributed by atoms with Crippen molar-refractivity contribution in [3.8, 4) is 11.4 Å². The van der Waals surface area contributed by atoms with Crippen LogP contribution >= 0.6 is 0 Å². The standard InChI is InChI=1S/C24H24N6O3/c1-14(2)32-28-18-10-17(11-18)24-27-22(29-33-24)16-8-7-15(3)19(12-16)26-23(31)20-13-25-21-6-4-5-9-30(20)21/h4-9,12-14,17H,10-11H2,1-3H3,(H,26,31). The molecule has 1 N–H and O–H groups in total. The molecule has 0 radical (unpaired) electrons. The number of carbonyl (C=O) groups is 1. The maximum Gasteiger partial charge on any atom is 0.274 e. The molecule has 0 bridgehead atoms. The molecule has 0 aliphatic heterocycles. The minimum Gasteiger partial charge on any atom is -0.393 e. The van der Waals surface area contributed by atoms with E-state index in [1.54, 1.807) is 10.6 Å². The number of nitrogens with zero attached hydrogens (tertiary/aromatic N) is 5. The van der Waals surface area contributed by atoms with Gasteiger partial charge in [-0.3, -0.25) is 9.20 Å². The molecule has 1 saturated carbocycles. The van der Waals surface area contributed by atoms with Crippen molar-refractivity contribution in [3.05, 3.63) is 65.9 Å². The molecule has 3 heterocycles. The number of imidazole rings is 1. The Balaban J connectivity index is 1.31. The molecule has 1 aliphatic rings. The third-order valence-corrected chi connectivity index (χ3v) is 5.54. The fourth-order valence-electron chi connectivity index (χ4n) is 3.64. The number of carbonyl (C=O) groups excluding carboxylic acids is 1. The summed E-state index contributed by atoms with van der Waals surface area (Å²) < 4.78 is 7.25. The van der Waals surface area contributed by atoms with Gasteiger partial charge in [-0.25, -0.2) is 4.98 Å². The number of fused-ring (bicyclic) bond motifs is 1. The zero-order valence-corrected chi connectivity index (χ0v) is 18.6. The molecule has 9 heteroatoms. The van der Waals surface area contributed by atoms with Crippen LogP contribution in [0.25, 0.3) is 17.0 Å². The van der Waals surface area contributed by atoms with Gasteiger partial charge in [-0.2, -0.15) is 4.98 Å². The van der Waals surface area contributed by atoms with Crippen molar-refractivity contribution in [1.29, 1.82) is 0 Å². The largest absolute Gasteiger partial charge is 0.393 e. The lowest BCUT2D eigenvalue weighted by Gasteiger charge is -2.23. The lowest BCUT2D eigenvalue weighted by atomic mass is 9.83. The first-order valence-corrected chi connectivity index (χ1v) is 10.9. The van der Waals surface area contributed by atoms with Crippen LogP contribution in [0.1, 0.15) is 54.5 Å². The highest BCUT2D eigenvalue weighted by Gasteiger charge is 2.32. The molecule has 0 atom stereocenters. The SMILES string of the molecule is Cc1ccc(-c2noc(C3CC(=NOC(C)C)C3)n2)cc1NC(=O)c1cnc2ccccn12. The molecule has 1 aliphatic carbocycles. The molecular weight excluding hydrogens is 420 g/mol. The Labute approximate surface area is 190 Å². The number of hydrogen-bond acceptors (Lipinski definition) is 7. The third kappa shape index (κ3) is 4.21. The predicted molar refractivity (Wildman–Crippen MR) is 123 cm³/mol. The fraction of sp³-hybridized carbons (Fsp3) is 0.292. The van der Waals surface area contributed by atoms with Crippen LogP contribution in [0.3, 0.4) is 0 Å². The monoisotopic (exact) mass is 444 g/mol. The zero-order chi connectivity index (χ0) is 22.9. The number of anilines is 1. The molecule has 1 aromatic carbocycles. The lowest BCUT2D eigenvalue weighted by Crippen LogP contribution is -2.22. The van der Waals surface area contributed by atoms with E-state index in [1.807, 2.05) is 63.4 Å². The highest BCUT2D eigenvalue weighted by molar-refractivity contribution is 6.04. The molecule has 5 rings (SSSR count). The van der Waals surface area contributed by atoms with E-state index in [9.17, 15) is 4.79 Å². The number of pyridine rings is 1. The summed E-state index contributed by atoms with van der Waals surface area (Å²) in [5.41, 5.74) is 4.54. The van der Waals surface area contributed by atoms with E-state index >= 15 is 0 Å². The van der Waals surface area contributed by atoms with Gasteiger partial charge in [0.15, 0.2) is 0 Å². The quantitative estimate of drug-likeness (QED) is 0.436. The van der Waals surface area contributed by atoms with Gasteiger partial charge in [0.25, 0.3) is 5.91 Å². The van der Waals surface area contributed by atoms with Crippen molar-refractivity contribution < 1.29 is 14.2 Å². The minimum absolute atomic E-state index is 0.0653. The van der Waals surface area contributed by atoms with Gasteiger partial charge in [0.2, 0.25) is 11.7 Å². The summed E-state index contributed by atoms with van der Waals surface area (Å²) in [5.74, 6) is 0.984. The van der Waals surface area contributed by atoms with Gasteiger partial charge in [-0.1, -0.05) is 28.5 Å². The Kier molecular flexibility index (Phi) is 5.37. The normalized spacial score (nSPS) is 15.5. The van der Waals surface area contributed by atoms with Crippen LogP contribution in [0.5, 0.6) is 0 Å². The molecule has 9 nitrogen and oxygen atoms in total. The van der Waals surface area contributed by atoms with Crippen molar-refractivity contribution in [1.82, 2.24) is 19.5 Å². The van der Waals surface area contributed by atoms with E-state index in [1.165, 1.54) is 0 Å². The number of aromatic nitrogens is 4.